The van der Waals surface area contributed by atoms with Crippen LogP contribution in [0.15, 0.2) is 18.5 Å². The molecule has 3 rings (SSSR count). The number of carbonyl (C=O) groups excluding carboxylic acids is 1. The molecule has 0 aliphatic heterocycles. The largest absolute Gasteiger partial charge is 0.480 e. The van der Waals surface area contributed by atoms with Crippen LogP contribution >= 0.6 is 22.9 Å². The third kappa shape index (κ3) is 3.71. The number of halogens is 1. The van der Waals surface area contributed by atoms with Gasteiger partial charge in [0.25, 0.3) is 0 Å². The predicted molar refractivity (Wildman–Crippen MR) is 105 cm³/mol. The van der Waals surface area contributed by atoms with Crippen LogP contribution in [-0.2, 0) is 0 Å². The number of methoxy groups -OCH3 is 1. The van der Waals surface area contributed by atoms with Gasteiger partial charge < -0.3 is 15.4 Å². The molecule has 0 unspecified atom stereocenters. The van der Waals surface area contributed by atoms with Crippen LogP contribution in [0, 0.1) is 6.92 Å². The van der Waals surface area contributed by atoms with Gasteiger partial charge in [-0.1, -0.05) is 36.8 Å². The summed E-state index contributed by atoms with van der Waals surface area (Å²) in [6.45, 7) is 6.05. The molecule has 3 heterocycles. The molecule has 3 aromatic heterocycles. The van der Waals surface area contributed by atoms with Crippen LogP contribution in [0.1, 0.15) is 30.3 Å². The molecule has 26 heavy (non-hydrogen) atoms. The van der Waals surface area contributed by atoms with Gasteiger partial charge in [0.2, 0.25) is 5.88 Å². The van der Waals surface area contributed by atoms with Crippen molar-refractivity contribution in [2.45, 2.75) is 26.7 Å². The first kappa shape index (κ1) is 18.3. The molecule has 2 N–H and O–H groups in total. The Hall–Kier alpha value is -2.45. The van der Waals surface area contributed by atoms with E-state index in [0.717, 1.165) is 20.9 Å². The quantitative estimate of drug-likeness (QED) is 0.665. The molecular formula is C17H18ClN5O2S. The Labute approximate surface area is 159 Å². The van der Waals surface area contributed by atoms with E-state index in [9.17, 15) is 4.79 Å². The maximum Gasteiger partial charge on any atom is 0.323 e. The molecule has 9 heteroatoms. The first-order chi connectivity index (χ1) is 12.4. The van der Waals surface area contributed by atoms with Crippen molar-refractivity contribution in [1.29, 1.82) is 0 Å². The Morgan fingerprint density at radius 3 is 2.69 bits per heavy atom. The molecule has 0 aliphatic carbocycles. The second kappa shape index (κ2) is 7.43. The lowest BCUT2D eigenvalue weighted by atomic mass is 10.0. The van der Waals surface area contributed by atoms with Crippen LogP contribution in [0.25, 0.3) is 10.3 Å². The van der Waals surface area contributed by atoms with E-state index in [1.54, 1.807) is 12.3 Å². The zero-order valence-electron chi connectivity index (χ0n) is 14.8. The molecule has 0 fully saturated rings. The number of anilines is 2. The molecule has 0 bridgehead atoms. The lowest BCUT2D eigenvalue weighted by Crippen LogP contribution is -2.21. The van der Waals surface area contributed by atoms with Gasteiger partial charge in [-0.2, -0.15) is 0 Å². The minimum absolute atomic E-state index is 0.175. The van der Waals surface area contributed by atoms with Crippen molar-refractivity contribution in [3.05, 3.63) is 34.1 Å². The normalized spacial score (nSPS) is 11.0. The highest BCUT2D eigenvalue weighted by atomic mass is 35.5. The second-order valence-corrected chi connectivity index (χ2v) is 7.51. The topological polar surface area (TPSA) is 89.0 Å². The average Bonchev–Trinajstić information content (AvgIpc) is 2.94. The van der Waals surface area contributed by atoms with Gasteiger partial charge >= 0.3 is 6.03 Å². The number of fused-ring (bicyclic) bond motifs is 1. The summed E-state index contributed by atoms with van der Waals surface area (Å²) in [5, 5.41) is 6.80. The summed E-state index contributed by atoms with van der Waals surface area (Å²) in [4.78, 5) is 26.3. The van der Waals surface area contributed by atoms with Crippen molar-refractivity contribution in [3.8, 4) is 5.88 Å². The van der Waals surface area contributed by atoms with Gasteiger partial charge in [0, 0.05) is 5.56 Å². The maximum atomic E-state index is 12.4. The smallest absolute Gasteiger partial charge is 0.323 e. The zero-order valence-corrected chi connectivity index (χ0v) is 16.3. The Bertz CT molecular complexity index is 973. The number of hydrogen-bond acceptors (Lipinski definition) is 6. The minimum atomic E-state index is -0.414. The van der Waals surface area contributed by atoms with Crippen LogP contribution in [0.2, 0.25) is 5.02 Å². The molecule has 0 atom stereocenters. The van der Waals surface area contributed by atoms with Crippen molar-refractivity contribution in [3.63, 3.8) is 0 Å². The first-order valence-electron chi connectivity index (χ1n) is 7.92. The third-order valence-corrected chi connectivity index (χ3v) is 4.81. The van der Waals surface area contributed by atoms with E-state index in [4.69, 9.17) is 16.3 Å². The van der Waals surface area contributed by atoms with E-state index >= 15 is 0 Å². The van der Waals surface area contributed by atoms with E-state index in [1.165, 1.54) is 24.6 Å². The number of thiazole rings is 1. The number of hydrogen-bond donors (Lipinski definition) is 2. The Morgan fingerprint density at radius 2 is 2.04 bits per heavy atom. The summed E-state index contributed by atoms with van der Waals surface area (Å²) in [5.74, 6) is 0.475. The highest BCUT2D eigenvalue weighted by molar-refractivity contribution is 7.18. The number of pyridine rings is 2. The van der Waals surface area contributed by atoms with Crippen molar-refractivity contribution in [1.82, 2.24) is 15.0 Å². The van der Waals surface area contributed by atoms with Crippen LogP contribution < -0.4 is 15.4 Å². The number of nitrogens with zero attached hydrogens (tertiary/aromatic N) is 3. The standard InChI is InChI=1S/C17H18ClN5O2S/c1-8(2)13-12(7-20-16-14(13)21-9(3)26-16)23-17(24)22-10-5-11(18)15(25-4)19-6-10/h5-8H,1-4H3,(H2,22,23,24). The molecule has 0 saturated carbocycles. The Balaban J connectivity index is 1.85. The fourth-order valence-corrected chi connectivity index (χ4v) is 3.63. The Kier molecular flexibility index (Phi) is 5.24. The summed E-state index contributed by atoms with van der Waals surface area (Å²) < 4.78 is 5.00. The van der Waals surface area contributed by atoms with Crippen LogP contribution in [-0.4, -0.2) is 28.1 Å². The average molecular weight is 392 g/mol. The maximum absolute atomic E-state index is 12.4. The summed E-state index contributed by atoms with van der Waals surface area (Å²) in [7, 11) is 1.48. The van der Waals surface area contributed by atoms with E-state index in [0.29, 0.717) is 22.3 Å². The van der Waals surface area contributed by atoms with E-state index in [2.05, 4.69) is 39.4 Å². The molecule has 3 aromatic rings. The van der Waals surface area contributed by atoms with Crippen LogP contribution in [0.4, 0.5) is 16.2 Å². The summed E-state index contributed by atoms with van der Waals surface area (Å²) in [5.41, 5.74) is 2.87. The number of urea groups is 1. The molecule has 0 spiro atoms. The SMILES string of the molecule is COc1ncc(NC(=O)Nc2cnc3sc(C)nc3c2C(C)C)cc1Cl. The number of carbonyl (C=O) groups is 1. The number of aromatic nitrogens is 3. The van der Waals surface area contributed by atoms with Gasteiger partial charge in [-0.25, -0.2) is 19.7 Å². The fourth-order valence-electron chi connectivity index (χ4n) is 2.61. The van der Waals surface area contributed by atoms with Gasteiger partial charge in [-0.05, 0) is 18.9 Å². The van der Waals surface area contributed by atoms with Crippen molar-refractivity contribution in [2.75, 3.05) is 17.7 Å². The van der Waals surface area contributed by atoms with Gasteiger partial charge in [0.1, 0.15) is 15.4 Å². The van der Waals surface area contributed by atoms with E-state index in [-0.39, 0.29) is 5.92 Å². The third-order valence-electron chi connectivity index (χ3n) is 3.66. The molecule has 136 valence electrons. The predicted octanol–water partition coefficient (Wildman–Crippen LogP) is 4.82. The fraction of sp³-hybridized carbons (Fsp3) is 0.294. The lowest BCUT2D eigenvalue weighted by molar-refractivity contribution is 0.262. The van der Waals surface area contributed by atoms with Gasteiger partial charge in [-0.3, -0.25) is 0 Å². The highest BCUT2D eigenvalue weighted by Gasteiger charge is 2.17. The van der Waals surface area contributed by atoms with Gasteiger partial charge in [-0.15, -0.1) is 0 Å². The highest BCUT2D eigenvalue weighted by Crippen LogP contribution is 2.33. The van der Waals surface area contributed by atoms with E-state index < -0.39 is 6.03 Å². The van der Waals surface area contributed by atoms with Crippen molar-refractivity contribution < 1.29 is 9.53 Å². The number of rotatable bonds is 4. The second-order valence-electron chi connectivity index (χ2n) is 5.92. The number of amides is 2. The lowest BCUT2D eigenvalue weighted by Gasteiger charge is -2.14. The summed E-state index contributed by atoms with van der Waals surface area (Å²) in [6, 6.07) is 1.16. The van der Waals surface area contributed by atoms with Crippen LogP contribution in [0.5, 0.6) is 5.88 Å². The first-order valence-corrected chi connectivity index (χ1v) is 9.12. The summed E-state index contributed by atoms with van der Waals surface area (Å²) >= 11 is 7.56. The molecule has 2 amide bonds. The Morgan fingerprint density at radius 1 is 1.27 bits per heavy atom. The van der Waals surface area contributed by atoms with Crippen LogP contribution in [0.3, 0.4) is 0 Å². The molecular weight excluding hydrogens is 374 g/mol. The monoisotopic (exact) mass is 391 g/mol. The summed E-state index contributed by atoms with van der Waals surface area (Å²) in [6.07, 6.45) is 3.13. The zero-order chi connectivity index (χ0) is 18.8. The number of aryl methyl sites for hydroxylation is 1. The minimum Gasteiger partial charge on any atom is -0.480 e. The van der Waals surface area contributed by atoms with E-state index in [1.807, 2.05) is 6.92 Å². The number of nitrogens with one attached hydrogen (secondary N) is 2. The molecule has 0 saturated heterocycles. The van der Waals surface area contributed by atoms with Crippen molar-refractivity contribution >= 4 is 50.7 Å². The van der Waals surface area contributed by atoms with Gasteiger partial charge in [0.15, 0.2) is 0 Å². The number of ether oxygens (including phenoxy) is 1. The van der Waals surface area contributed by atoms with Gasteiger partial charge in [0.05, 0.1) is 35.9 Å². The molecule has 0 radical (unpaired) electrons. The molecule has 7 nitrogen and oxygen atoms in total. The van der Waals surface area contributed by atoms with Crippen molar-refractivity contribution in [2.24, 2.45) is 0 Å². The molecule has 0 aliphatic rings. The molecule has 0 aromatic carbocycles.